The van der Waals surface area contributed by atoms with Gasteiger partial charge in [-0.2, -0.15) is 0 Å². The zero-order valence-corrected chi connectivity index (χ0v) is 6.38. The van der Waals surface area contributed by atoms with Crippen molar-refractivity contribution in [2.75, 3.05) is 0 Å². The predicted molar refractivity (Wildman–Crippen MR) is 37.4 cm³/mol. The van der Waals surface area contributed by atoms with E-state index in [1.54, 1.807) is 0 Å². The summed E-state index contributed by atoms with van der Waals surface area (Å²) in [5.74, 6) is -0.623. The highest BCUT2D eigenvalue weighted by molar-refractivity contribution is 5.78. The molecule has 0 atom stereocenters. The van der Waals surface area contributed by atoms with Gasteiger partial charge in [0.1, 0.15) is 0 Å². The zero-order valence-electron chi connectivity index (χ0n) is 6.38. The van der Waals surface area contributed by atoms with Crippen LogP contribution in [-0.2, 0) is 4.79 Å². The van der Waals surface area contributed by atoms with Gasteiger partial charge in [0.2, 0.25) is 0 Å². The van der Waals surface area contributed by atoms with Gasteiger partial charge in [0.05, 0.1) is 11.5 Å². The minimum Gasteiger partial charge on any atom is -0.548 e. The lowest BCUT2D eigenvalue weighted by Gasteiger charge is -2.30. The SMILES string of the molecule is NC(C(=O)[O-])(C1CC1)C1CC1. The average Bonchev–Trinajstić information content (AvgIpc) is 2.79. The number of carbonyl (C=O) groups excluding carboxylic acids is 1. The Morgan fingerprint density at radius 2 is 1.64 bits per heavy atom. The summed E-state index contributed by atoms with van der Waals surface area (Å²) in [7, 11) is 0. The van der Waals surface area contributed by atoms with Crippen LogP contribution in [0.15, 0.2) is 0 Å². The molecule has 0 aromatic carbocycles. The van der Waals surface area contributed by atoms with Crippen LogP contribution in [0, 0.1) is 11.8 Å². The van der Waals surface area contributed by atoms with Crippen molar-refractivity contribution in [3.8, 4) is 0 Å². The van der Waals surface area contributed by atoms with E-state index >= 15 is 0 Å². The molecule has 62 valence electrons. The van der Waals surface area contributed by atoms with Gasteiger partial charge in [0.15, 0.2) is 0 Å². The first-order valence-electron chi connectivity index (χ1n) is 4.16. The number of carboxylic acids is 1. The number of aliphatic carboxylic acids is 1. The topological polar surface area (TPSA) is 66.2 Å². The summed E-state index contributed by atoms with van der Waals surface area (Å²) < 4.78 is 0. The van der Waals surface area contributed by atoms with E-state index in [1.807, 2.05) is 0 Å². The Morgan fingerprint density at radius 3 is 1.82 bits per heavy atom. The molecule has 0 aliphatic heterocycles. The third kappa shape index (κ3) is 0.948. The van der Waals surface area contributed by atoms with Gasteiger partial charge in [-0.3, -0.25) is 0 Å². The molecule has 2 rings (SSSR count). The Balaban J connectivity index is 2.16. The molecule has 11 heavy (non-hydrogen) atoms. The van der Waals surface area contributed by atoms with Gasteiger partial charge < -0.3 is 15.6 Å². The molecule has 0 heterocycles. The van der Waals surface area contributed by atoms with Gasteiger partial charge in [-0.05, 0) is 37.5 Å². The van der Waals surface area contributed by atoms with E-state index in [9.17, 15) is 9.90 Å². The van der Waals surface area contributed by atoms with Gasteiger partial charge in [0.25, 0.3) is 0 Å². The minimum absolute atomic E-state index is 0.208. The molecule has 0 aromatic rings. The minimum atomic E-state index is -1.04. The van der Waals surface area contributed by atoms with Crippen LogP contribution >= 0.6 is 0 Å². The van der Waals surface area contributed by atoms with Gasteiger partial charge in [0, 0.05) is 0 Å². The fourth-order valence-corrected chi connectivity index (χ4v) is 1.79. The first kappa shape index (κ1) is 7.10. The van der Waals surface area contributed by atoms with Crippen molar-refractivity contribution in [2.24, 2.45) is 17.6 Å². The van der Waals surface area contributed by atoms with E-state index in [1.165, 1.54) is 0 Å². The van der Waals surface area contributed by atoms with Crippen LogP contribution in [0.5, 0.6) is 0 Å². The Kier molecular flexibility index (Phi) is 1.27. The summed E-state index contributed by atoms with van der Waals surface area (Å²) in [6.45, 7) is 0. The maximum atomic E-state index is 10.7. The van der Waals surface area contributed by atoms with E-state index < -0.39 is 11.5 Å². The molecule has 0 bridgehead atoms. The van der Waals surface area contributed by atoms with Crippen LogP contribution in [0.2, 0.25) is 0 Å². The number of carbonyl (C=O) groups is 1. The Hall–Kier alpha value is -0.570. The van der Waals surface area contributed by atoms with Gasteiger partial charge >= 0.3 is 0 Å². The Labute approximate surface area is 65.6 Å². The van der Waals surface area contributed by atoms with Gasteiger partial charge in [-0.15, -0.1) is 0 Å². The molecule has 2 saturated carbocycles. The van der Waals surface area contributed by atoms with Crippen LogP contribution in [-0.4, -0.2) is 11.5 Å². The number of hydrogen-bond donors (Lipinski definition) is 1. The summed E-state index contributed by atoms with van der Waals surface area (Å²) in [6.07, 6.45) is 3.89. The molecular weight excluding hydrogens is 142 g/mol. The highest BCUT2D eigenvalue weighted by Crippen LogP contribution is 2.50. The summed E-state index contributed by atoms with van der Waals surface area (Å²) in [4.78, 5) is 10.7. The lowest BCUT2D eigenvalue weighted by atomic mass is 9.89. The molecule has 2 aliphatic rings. The van der Waals surface area contributed by atoms with Crippen LogP contribution in [0.3, 0.4) is 0 Å². The third-order valence-electron chi connectivity index (χ3n) is 2.86. The molecule has 0 radical (unpaired) electrons. The van der Waals surface area contributed by atoms with Crippen molar-refractivity contribution in [1.29, 1.82) is 0 Å². The smallest absolute Gasteiger partial charge is 0.0619 e. The lowest BCUT2D eigenvalue weighted by Crippen LogP contribution is -2.58. The van der Waals surface area contributed by atoms with Gasteiger partial charge in [-0.1, -0.05) is 0 Å². The zero-order chi connectivity index (χ0) is 8.06. The maximum absolute atomic E-state index is 10.7. The highest BCUT2D eigenvalue weighted by Gasteiger charge is 2.52. The fraction of sp³-hybridized carbons (Fsp3) is 0.875. The first-order chi connectivity index (χ1) is 5.15. The van der Waals surface area contributed by atoms with E-state index in [0.717, 1.165) is 25.7 Å². The number of rotatable bonds is 3. The quantitative estimate of drug-likeness (QED) is 0.582. The molecular formula is C8H12NO2-. The lowest BCUT2D eigenvalue weighted by molar-refractivity contribution is -0.315. The highest BCUT2D eigenvalue weighted by atomic mass is 16.4. The van der Waals surface area contributed by atoms with Crippen molar-refractivity contribution in [3.63, 3.8) is 0 Å². The number of nitrogens with two attached hydrogens (primary N) is 1. The molecule has 2 fully saturated rings. The van der Waals surface area contributed by atoms with Gasteiger partial charge in [-0.25, -0.2) is 0 Å². The van der Waals surface area contributed by atoms with Crippen LogP contribution in [0.25, 0.3) is 0 Å². The predicted octanol–water partition coefficient (Wildman–Crippen LogP) is -0.746. The summed E-state index contributed by atoms with van der Waals surface area (Å²) in [5.41, 5.74) is 4.82. The fourth-order valence-electron chi connectivity index (χ4n) is 1.79. The van der Waals surface area contributed by atoms with Crippen molar-refractivity contribution in [2.45, 2.75) is 31.2 Å². The third-order valence-corrected chi connectivity index (χ3v) is 2.86. The van der Waals surface area contributed by atoms with E-state index in [2.05, 4.69) is 0 Å². The molecule has 2 aliphatic carbocycles. The first-order valence-corrected chi connectivity index (χ1v) is 4.16. The standard InChI is InChI=1S/C8H13NO2/c9-8(7(10)11,5-1-2-5)6-3-4-6/h5-6H,1-4,9H2,(H,10,11)/p-1. The average molecular weight is 154 g/mol. The van der Waals surface area contributed by atoms with E-state index in [0.29, 0.717) is 0 Å². The molecule has 0 saturated heterocycles. The summed E-state index contributed by atoms with van der Waals surface area (Å²) in [5, 5.41) is 10.7. The molecule has 0 unspecified atom stereocenters. The molecule has 3 heteroatoms. The molecule has 0 aromatic heterocycles. The van der Waals surface area contributed by atoms with E-state index in [-0.39, 0.29) is 11.8 Å². The summed E-state index contributed by atoms with van der Waals surface area (Å²) in [6, 6.07) is 0. The molecule has 2 N–H and O–H groups in total. The molecule has 0 amide bonds. The Bertz CT molecular complexity index is 182. The second-order valence-electron chi connectivity index (χ2n) is 3.77. The monoisotopic (exact) mass is 154 g/mol. The second-order valence-corrected chi connectivity index (χ2v) is 3.77. The van der Waals surface area contributed by atoms with Crippen molar-refractivity contribution in [1.82, 2.24) is 0 Å². The molecule has 3 nitrogen and oxygen atoms in total. The van der Waals surface area contributed by atoms with Crippen molar-refractivity contribution >= 4 is 5.97 Å². The van der Waals surface area contributed by atoms with Crippen LogP contribution < -0.4 is 10.8 Å². The number of hydrogen-bond acceptors (Lipinski definition) is 3. The largest absolute Gasteiger partial charge is 0.548 e. The van der Waals surface area contributed by atoms with E-state index in [4.69, 9.17) is 5.73 Å². The normalized spacial score (nSPS) is 25.2. The Morgan fingerprint density at radius 1 is 1.27 bits per heavy atom. The van der Waals surface area contributed by atoms with Crippen molar-refractivity contribution < 1.29 is 9.90 Å². The van der Waals surface area contributed by atoms with Crippen LogP contribution in [0.1, 0.15) is 25.7 Å². The molecule has 0 spiro atoms. The maximum Gasteiger partial charge on any atom is 0.0619 e. The van der Waals surface area contributed by atoms with Crippen LogP contribution in [0.4, 0.5) is 0 Å². The number of carboxylic acid groups (broad SMARTS) is 1. The summed E-state index contributed by atoms with van der Waals surface area (Å²) >= 11 is 0. The van der Waals surface area contributed by atoms with Crippen molar-refractivity contribution in [3.05, 3.63) is 0 Å². The second kappa shape index (κ2) is 1.97.